The zero-order chi connectivity index (χ0) is 12.6. The summed E-state index contributed by atoms with van der Waals surface area (Å²) < 4.78 is 11.6. The summed E-state index contributed by atoms with van der Waals surface area (Å²) in [6.45, 7) is 0. The number of rotatable bonds is 2. The minimum absolute atomic E-state index is 0.379. The molecule has 1 N–H and O–H groups in total. The van der Waals surface area contributed by atoms with Crippen molar-refractivity contribution in [3.63, 3.8) is 0 Å². The zero-order valence-corrected chi connectivity index (χ0v) is 9.73. The molecule has 1 aromatic carbocycles. The molecule has 2 aromatic rings. The number of methoxy groups -OCH3 is 2. The summed E-state index contributed by atoms with van der Waals surface area (Å²) in [6, 6.07) is 3.15. The van der Waals surface area contributed by atoms with E-state index in [1.54, 1.807) is 19.2 Å². The second-order valence-corrected chi connectivity index (χ2v) is 3.54. The average molecular weight is 236 g/mol. The fourth-order valence-electron chi connectivity index (χ4n) is 1.69. The Morgan fingerprint density at radius 2 is 1.71 bits per heavy atom. The van der Waals surface area contributed by atoms with Crippen LogP contribution in [0.5, 0.6) is 11.5 Å². The fourth-order valence-corrected chi connectivity index (χ4v) is 1.69. The first kappa shape index (κ1) is 11.3. The van der Waals surface area contributed by atoms with Gasteiger partial charge in [0.2, 0.25) is 0 Å². The molecule has 0 unspecified atom stereocenters. The summed E-state index contributed by atoms with van der Waals surface area (Å²) in [6.07, 6.45) is 0. The lowest BCUT2D eigenvalue weighted by Crippen LogP contribution is -2.28. The van der Waals surface area contributed by atoms with E-state index in [4.69, 9.17) is 9.47 Å². The van der Waals surface area contributed by atoms with Crippen molar-refractivity contribution in [3.8, 4) is 11.5 Å². The summed E-state index contributed by atoms with van der Waals surface area (Å²) in [4.78, 5) is 25.3. The van der Waals surface area contributed by atoms with Gasteiger partial charge < -0.3 is 9.47 Å². The van der Waals surface area contributed by atoms with Crippen molar-refractivity contribution in [3.05, 3.63) is 33.0 Å². The molecule has 0 fully saturated rings. The Hall–Kier alpha value is -2.24. The van der Waals surface area contributed by atoms with E-state index in [1.165, 1.54) is 18.8 Å². The van der Waals surface area contributed by atoms with Crippen molar-refractivity contribution in [2.45, 2.75) is 0 Å². The van der Waals surface area contributed by atoms with E-state index in [9.17, 15) is 9.59 Å². The first-order chi connectivity index (χ1) is 8.08. The van der Waals surface area contributed by atoms with Crippen LogP contribution in [0.2, 0.25) is 0 Å². The Labute approximate surface area is 96.4 Å². The largest absolute Gasteiger partial charge is 0.493 e. The molecule has 0 spiro atoms. The third-order valence-corrected chi connectivity index (χ3v) is 2.63. The van der Waals surface area contributed by atoms with Crippen LogP contribution in [-0.4, -0.2) is 23.8 Å². The minimum atomic E-state index is -0.463. The second-order valence-electron chi connectivity index (χ2n) is 3.54. The highest BCUT2D eigenvalue weighted by molar-refractivity contribution is 5.82. The number of aryl methyl sites for hydroxylation is 1. The van der Waals surface area contributed by atoms with Gasteiger partial charge in [0.05, 0.1) is 25.1 Å². The predicted octanol–water partition coefficient (Wildman–Crippen LogP) is 0.244. The second kappa shape index (κ2) is 3.97. The van der Waals surface area contributed by atoms with E-state index in [1.807, 2.05) is 0 Å². The average Bonchev–Trinajstić information content (AvgIpc) is 2.34. The van der Waals surface area contributed by atoms with Gasteiger partial charge in [-0.25, -0.2) is 4.79 Å². The Kier molecular flexibility index (Phi) is 2.63. The molecule has 0 aliphatic rings. The summed E-state index contributed by atoms with van der Waals surface area (Å²) in [5, 5.41) is 0.379. The SMILES string of the molecule is COc1cc2c(=O)[nH]c(=O)n(C)c2cc1OC. The first-order valence-electron chi connectivity index (χ1n) is 4.93. The monoisotopic (exact) mass is 236 g/mol. The van der Waals surface area contributed by atoms with Crippen LogP contribution in [0.4, 0.5) is 0 Å². The smallest absolute Gasteiger partial charge is 0.328 e. The van der Waals surface area contributed by atoms with Gasteiger partial charge in [-0.1, -0.05) is 0 Å². The Morgan fingerprint density at radius 3 is 2.29 bits per heavy atom. The van der Waals surface area contributed by atoms with Crippen LogP contribution in [0.15, 0.2) is 21.7 Å². The third kappa shape index (κ3) is 1.67. The van der Waals surface area contributed by atoms with E-state index >= 15 is 0 Å². The van der Waals surface area contributed by atoms with Gasteiger partial charge in [-0.05, 0) is 6.07 Å². The number of aromatic amines is 1. The van der Waals surface area contributed by atoms with Crippen molar-refractivity contribution in [1.29, 1.82) is 0 Å². The topological polar surface area (TPSA) is 73.3 Å². The highest BCUT2D eigenvalue weighted by Gasteiger charge is 2.11. The summed E-state index contributed by atoms with van der Waals surface area (Å²) >= 11 is 0. The van der Waals surface area contributed by atoms with Gasteiger partial charge in [-0.3, -0.25) is 14.3 Å². The van der Waals surface area contributed by atoms with Crippen molar-refractivity contribution < 1.29 is 9.47 Å². The molecule has 6 heteroatoms. The lowest BCUT2D eigenvalue weighted by Gasteiger charge is -2.10. The number of aromatic nitrogens is 2. The summed E-state index contributed by atoms with van der Waals surface area (Å²) in [5.74, 6) is 0.921. The number of fused-ring (bicyclic) bond motifs is 1. The molecule has 0 saturated carbocycles. The number of ether oxygens (including phenoxy) is 2. The number of hydrogen-bond acceptors (Lipinski definition) is 4. The molecular weight excluding hydrogens is 224 g/mol. The van der Waals surface area contributed by atoms with Gasteiger partial charge in [-0.2, -0.15) is 0 Å². The van der Waals surface area contributed by atoms with Crippen LogP contribution < -0.4 is 20.7 Å². The molecule has 90 valence electrons. The maximum absolute atomic E-state index is 11.7. The van der Waals surface area contributed by atoms with E-state index in [0.717, 1.165) is 0 Å². The molecule has 1 heterocycles. The number of nitrogens with zero attached hydrogens (tertiary/aromatic N) is 1. The molecule has 6 nitrogen and oxygen atoms in total. The Balaban J connectivity index is 2.97. The number of hydrogen-bond donors (Lipinski definition) is 1. The summed E-state index contributed by atoms with van der Waals surface area (Å²) in [5.41, 5.74) is -0.407. The predicted molar refractivity (Wildman–Crippen MR) is 62.9 cm³/mol. The summed E-state index contributed by atoms with van der Waals surface area (Å²) in [7, 11) is 4.56. The van der Waals surface area contributed by atoms with Crippen LogP contribution >= 0.6 is 0 Å². The fraction of sp³-hybridized carbons (Fsp3) is 0.273. The third-order valence-electron chi connectivity index (χ3n) is 2.63. The maximum atomic E-state index is 11.7. The molecule has 1 aromatic heterocycles. The lowest BCUT2D eigenvalue weighted by molar-refractivity contribution is 0.355. The van der Waals surface area contributed by atoms with Gasteiger partial charge in [0.25, 0.3) is 5.56 Å². The minimum Gasteiger partial charge on any atom is -0.493 e. The van der Waals surface area contributed by atoms with E-state index in [0.29, 0.717) is 22.4 Å². The molecule has 0 saturated heterocycles. The zero-order valence-electron chi connectivity index (χ0n) is 9.73. The van der Waals surface area contributed by atoms with Gasteiger partial charge in [-0.15, -0.1) is 0 Å². The lowest BCUT2D eigenvalue weighted by atomic mass is 10.2. The van der Waals surface area contributed by atoms with Crippen molar-refractivity contribution in [2.24, 2.45) is 7.05 Å². The van der Waals surface area contributed by atoms with Crippen LogP contribution in [0.1, 0.15) is 0 Å². The number of nitrogens with one attached hydrogen (secondary N) is 1. The highest BCUT2D eigenvalue weighted by atomic mass is 16.5. The van der Waals surface area contributed by atoms with Gasteiger partial charge in [0.1, 0.15) is 0 Å². The molecular formula is C11H12N2O4. The highest BCUT2D eigenvalue weighted by Crippen LogP contribution is 2.29. The van der Waals surface area contributed by atoms with Gasteiger partial charge in [0, 0.05) is 13.1 Å². The van der Waals surface area contributed by atoms with E-state index in [-0.39, 0.29) is 0 Å². The normalized spacial score (nSPS) is 10.5. The standard InChI is InChI=1S/C11H12N2O4/c1-13-7-5-9(17-3)8(16-2)4-6(7)10(14)12-11(13)15/h4-5H,1-3H3,(H,12,14,15). The molecule has 2 rings (SSSR count). The van der Waals surface area contributed by atoms with Gasteiger partial charge >= 0.3 is 5.69 Å². The molecule has 0 amide bonds. The quantitative estimate of drug-likeness (QED) is 0.810. The van der Waals surface area contributed by atoms with Crippen LogP contribution in [0.25, 0.3) is 10.9 Å². The number of H-pyrrole nitrogens is 1. The van der Waals surface area contributed by atoms with Crippen LogP contribution in [0, 0.1) is 0 Å². The Morgan fingerprint density at radius 1 is 1.12 bits per heavy atom. The van der Waals surface area contributed by atoms with Crippen molar-refractivity contribution in [1.82, 2.24) is 9.55 Å². The molecule has 0 aliphatic carbocycles. The molecule has 0 radical (unpaired) electrons. The van der Waals surface area contributed by atoms with Crippen LogP contribution in [0.3, 0.4) is 0 Å². The molecule has 17 heavy (non-hydrogen) atoms. The molecule has 0 atom stereocenters. The molecule has 0 bridgehead atoms. The number of benzene rings is 1. The van der Waals surface area contributed by atoms with Crippen molar-refractivity contribution >= 4 is 10.9 Å². The maximum Gasteiger partial charge on any atom is 0.328 e. The van der Waals surface area contributed by atoms with E-state index in [2.05, 4.69) is 4.98 Å². The molecule has 0 aliphatic heterocycles. The first-order valence-corrected chi connectivity index (χ1v) is 4.93. The van der Waals surface area contributed by atoms with E-state index < -0.39 is 11.2 Å². The Bertz CT molecular complexity index is 684. The van der Waals surface area contributed by atoms with Gasteiger partial charge in [0.15, 0.2) is 11.5 Å². The van der Waals surface area contributed by atoms with Crippen LogP contribution in [-0.2, 0) is 7.05 Å². The van der Waals surface area contributed by atoms with Crippen molar-refractivity contribution in [2.75, 3.05) is 14.2 Å².